The highest BCUT2D eigenvalue weighted by Crippen LogP contribution is 2.28. The molecule has 0 radical (unpaired) electrons. The van der Waals surface area contributed by atoms with Crippen LogP contribution in [0.15, 0.2) is 120 Å². The van der Waals surface area contributed by atoms with Crippen LogP contribution in [0.4, 0.5) is 17.2 Å². The van der Waals surface area contributed by atoms with Gasteiger partial charge in [-0.25, -0.2) is 4.99 Å². The molecule has 36 heavy (non-hydrogen) atoms. The number of para-hydroxylation sites is 2. The van der Waals surface area contributed by atoms with Crippen LogP contribution in [-0.2, 0) is 0 Å². The van der Waals surface area contributed by atoms with Crippen molar-refractivity contribution in [3.05, 3.63) is 132 Å². The quantitative estimate of drug-likeness (QED) is 0.252. The Hall–Kier alpha value is -4.77. The second-order valence-electron chi connectivity index (χ2n) is 8.37. The second kappa shape index (κ2) is 10.7. The van der Waals surface area contributed by atoms with Crippen molar-refractivity contribution in [1.82, 2.24) is 10.2 Å². The third kappa shape index (κ3) is 5.31. The topological polar surface area (TPSA) is 59.4 Å². The maximum absolute atomic E-state index is 5.39. The van der Waals surface area contributed by atoms with Gasteiger partial charge in [0.2, 0.25) is 0 Å². The molecule has 0 aliphatic heterocycles. The molecule has 5 aromatic rings. The zero-order valence-corrected chi connectivity index (χ0v) is 20.2. The average Bonchev–Trinajstić information content (AvgIpc) is 2.94. The standard InChI is InChI=1S/C31H26N4O/c1-22-13-15-23(16-14-22)29-21-28(31(35-34-29)33-26-11-7-4-8-12-26)30(32-25-9-5-3-6-10-25)24-17-19-27(36-2)20-18-24/h3-21H,1-2H3,(H,33,35). The minimum Gasteiger partial charge on any atom is -0.497 e. The maximum atomic E-state index is 5.39. The van der Waals surface area contributed by atoms with Gasteiger partial charge in [0.15, 0.2) is 5.82 Å². The van der Waals surface area contributed by atoms with Crippen molar-refractivity contribution >= 4 is 22.9 Å². The van der Waals surface area contributed by atoms with E-state index in [0.29, 0.717) is 5.82 Å². The molecule has 0 aliphatic rings. The predicted molar refractivity (Wildman–Crippen MR) is 147 cm³/mol. The minimum absolute atomic E-state index is 0.627. The summed E-state index contributed by atoms with van der Waals surface area (Å²) >= 11 is 0. The molecule has 0 fully saturated rings. The van der Waals surface area contributed by atoms with E-state index in [1.165, 1.54) is 5.56 Å². The van der Waals surface area contributed by atoms with Gasteiger partial charge in [0.25, 0.3) is 0 Å². The van der Waals surface area contributed by atoms with E-state index in [0.717, 1.165) is 45.2 Å². The number of methoxy groups -OCH3 is 1. The number of aliphatic imine (C=N–C) groups is 1. The molecular formula is C31H26N4O. The highest BCUT2D eigenvalue weighted by Gasteiger charge is 2.17. The molecule has 0 unspecified atom stereocenters. The van der Waals surface area contributed by atoms with Crippen LogP contribution >= 0.6 is 0 Å². The van der Waals surface area contributed by atoms with E-state index in [4.69, 9.17) is 9.73 Å². The molecule has 0 saturated carbocycles. The monoisotopic (exact) mass is 470 g/mol. The van der Waals surface area contributed by atoms with Crippen LogP contribution in [0.25, 0.3) is 11.3 Å². The molecular weight excluding hydrogens is 444 g/mol. The largest absolute Gasteiger partial charge is 0.497 e. The van der Waals surface area contributed by atoms with Gasteiger partial charge in [-0.15, -0.1) is 10.2 Å². The molecule has 5 rings (SSSR count). The molecule has 0 saturated heterocycles. The molecule has 0 bridgehead atoms. The Balaban J connectivity index is 1.70. The first kappa shape index (κ1) is 23.0. The van der Waals surface area contributed by atoms with Gasteiger partial charge in [-0.3, -0.25) is 0 Å². The van der Waals surface area contributed by atoms with Gasteiger partial charge in [-0.1, -0.05) is 66.2 Å². The molecule has 1 heterocycles. The summed E-state index contributed by atoms with van der Waals surface area (Å²) in [5.41, 5.74) is 7.31. The summed E-state index contributed by atoms with van der Waals surface area (Å²) in [7, 11) is 1.66. The van der Waals surface area contributed by atoms with E-state index in [-0.39, 0.29) is 0 Å². The first-order valence-corrected chi connectivity index (χ1v) is 11.7. The van der Waals surface area contributed by atoms with Gasteiger partial charge in [-0.05, 0) is 61.5 Å². The molecule has 5 nitrogen and oxygen atoms in total. The number of hydrogen-bond donors (Lipinski definition) is 1. The fourth-order valence-corrected chi connectivity index (χ4v) is 3.85. The summed E-state index contributed by atoms with van der Waals surface area (Å²) in [4.78, 5) is 5.07. The van der Waals surface area contributed by atoms with Crippen LogP contribution in [0, 0.1) is 6.92 Å². The number of hydrogen-bond acceptors (Lipinski definition) is 5. The number of benzene rings is 4. The fourth-order valence-electron chi connectivity index (χ4n) is 3.85. The summed E-state index contributed by atoms with van der Waals surface area (Å²) in [6, 6.07) is 38.1. The molecule has 0 aliphatic carbocycles. The molecule has 0 atom stereocenters. The number of nitrogens with zero attached hydrogens (tertiary/aromatic N) is 3. The Morgan fingerprint density at radius 1 is 0.750 bits per heavy atom. The van der Waals surface area contributed by atoms with E-state index in [1.807, 2.05) is 84.9 Å². The molecule has 1 aromatic heterocycles. The summed E-state index contributed by atoms with van der Waals surface area (Å²) in [6.07, 6.45) is 0. The summed E-state index contributed by atoms with van der Waals surface area (Å²) in [5.74, 6) is 1.41. The fraction of sp³-hybridized carbons (Fsp3) is 0.0645. The number of anilines is 2. The lowest BCUT2D eigenvalue weighted by molar-refractivity contribution is 0.415. The Morgan fingerprint density at radius 2 is 1.42 bits per heavy atom. The minimum atomic E-state index is 0.627. The molecule has 5 heteroatoms. The van der Waals surface area contributed by atoms with Crippen molar-refractivity contribution in [3.63, 3.8) is 0 Å². The van der Waals surface area contributed by atoms with Crippen LogP contribution in [0.2, 0.25) is 0 Å². The Morgan fingerprint density at radius 3 is 2.08 bits per heavy atom. The SMILES string of the molecule is COc1ccc(C(=Nc2ccccc2)c2cc(-c3ccc(C)cc3)nnc2Nc2ccccc2)cc1. The highest BCUT2D eigenvalue weighted by molar-refractivity contribution is 6.17. The van der Waals surface area contributed by atoms with Crippen molar-refractivity contribution in [1.29, 1.82) is 0 Å². The van der Waals surface area contributed by atoms with Crippen LogP contribution in [-0.4, -0.2) is 23.0 Å². The molecule has 1 N–H and O–H groups in total. The number of ether oxygens (including phenoxy) is 1. The van der Waals surface area contributed by atoms with E-state index >= 15 is 0 Å². The lowest BCUT2D eigenvalue weighted by Crippen LogP contribution is -2.10. The van der Waals surface area contributed by atoms with Crippen LogP contribution in [0.5, 0.6) is 5.75 Å². The predicted octanol–water partition coefficient (Wildman–Crippen LogP) is 7.37. The van der Waals surface area contributed by atoms with Gasteiger partial charge in [-0.2, -0.15) is 0 Å². The normalized spacial score (nSPS) is 11.2. The van der Waals surface area contributed by atoms with Crippen LogP contribution < -0.4 is 10.1 Å². The molecule has 176 valence electrons. The van der Waals surface area contributed by atoms with E-state index in [2.05, 4.69) is 52.8 Å². The lowest BCUT2D eigenvalue weighted by atomic mass is 10.00. The zero-order chi connectivity index (χ0) is 24.7. The summed E-state index contributed by atoms with van der Waals surface area (Å²) in [6.45, 7) is 2.07. The highest BCUT2D eigenvalue weighted by atomic mass is 16.5. The van der Waals surface area contributed by atoms with Crippen molar-refractivity contribution < 1.29 is 4.74 Å². The Kier molecular flexibility index (Phi) is 6.81. The first-order chi connectivity index (χ1) is 17.7. The zero-order valence-electron chi connectivity index (χ0n) is 20.2. The first-order valence-electron chi connectivity index (χ1n) is 11.7. The molecule has 0 amide bonds. The number of nitrogens with one attached hydrogen (secondary N) is 1. The van der Waals surface area contributed by atoms with Crippen molar-refractivity contribution in [2.24, 2.45) is 4.99 Å². The number of rotatable bonds is 7. The van der Waals surface area contributed by atoms with E-state index in [1.54, 1.807) is 7.11 Å². The van der Waals surface area contributed by atoms with E-state index in [9.17, 15) is 0 Å². The number of aromatic nitrogens is 2. The van der Waals surface area contributed by atoms with Gasteiger partial charge in [0.05, 0.1) is 24.2 Å². The third-order valence-corrected chi connectivity index (χ3v) is 5.79. The van der Waals surface area contributed by atoms with Crippen LogP contribution in [0.3, 0.4) is 0 Å². The third-order valence-electron chi connectivity index (χ3n) is 5.79. The molecule has 0 spiro atoms. The van der Waals surface area contributed by atoms with Gasteiger partial charge in [0, 0.05) is 22.4 Å². The average molecular weight is 471 g/mol. The van der Waals surface area contributed by atoms with E-state index < -0.39 is 0 Å². The Labute approximate surface area is 211 Å². The lowest BCUT2D eigenvalue weighted by Gasteiger charge is -2.15. The second-order valence-corrected chi connectivity index (χ2v) is 8.37. The van der Waals surface area contributed by atoms with Crippen molar-refractivity contribution in [3.8, 4) is 17.0 Å². The summed E-state index contributed by atoms with van der Waals surface area (Å²) < 4.78 is 5.39. The smallest absolute Gasteiger partial charge is 0.162 e. The van der Waals surface area contributed by atoms with Crippen molar-refractivity contribution in [2.45, 2.75) is 6.92 Å². The molecule has 4 aromatic carbocycles. The van der Waals surface area contributed by atoms with Crippen LogP contribution in [0.1, 0.15) is 16.7 Å². The summed E-state index contributed by atoms with van der Waals surface area (Å²) in [5, 5.41) is 12.6. The number of aryl methyl sites for hydroxylation is 1. The Bertz CT molecular complexity index is 1460. The van der Waals surface area contributed by atoms with Gasteiger partial charge >= 0.3 is 0 Å². The van der Waals surface area contributed by atoms with Gasteiger partial charge in [0.1, 0.15) is 5.75 Å². The van der Waals surface area contributed by atoms with Gasteiger partial charge < -0.3 is 10.1 Å². The maximum Gasteiger partial charge on any atom is 0.162 e. The van der Waals surface area contributed by atoms with Crippen molar-refractivity contribution in [2.75, 3.05) is 12.4 Å².